The molecule has 0 spiro atoms. The first-order valence-electron chi connectivity index (χ1n) is 10.1. The Kier molecular flexibility index (Phi) is 5.94. The largest absolute Gasteiger partial charge is 0.478 e. The molecule has 0 aromatic heterocycles. The Labute approximate surface area is 179 Å². The molecule has 1 aliphatic heterocycles. The van der Waals surface area contributed by atoms with Crippen molar-refractivity contribution in [3.8, 4) is 0 Å². The quantitative estimate of drug-likeness (QED) is 0.749. The van der Waals surface area contributed by atoms with Crippen molar-refractivity contribution in [1.82, 2.24) is 4.31 Å². The molecular formula is C24H29NO4S. The molecule has 1 N–H and O–H groups in total. The van der Waals surface area contributed by atoms with Gasteiger partial charge in [0.05, 0.1) is 16.5 Å². The highest BCUT2D eigenvalue weighted by Crippen LogP contribution is 2.46. The molecule has 2 aromatic rings. The van der Waals surface area contributed by atoms with Crippen LogP contribution in [0.2, 0.25) is 0 Å². The maximum Gasteiger partial charge on any atom is 0.333 e. The van der Waals surface area contributed by atoms with Gasteiger partial charge in [-0.2, -0.15) is 4.31 Å². The molecule has 1 aliphatic rings. The molecule has 0 bridgehead atoms. The van der Waals surface area contributed by atoms with Crippen molar-refractivity contribution >= 4 is 16.0 Å². The first kappa shape index (κ1) is 22.2. The number of hydrogen-bond acceptors (Lipinski definition) is 3. The molecule has 6 heteroatoms. The second kappa shape index (κ2) is 8.00. The molecule has 5 nitrogen and oxygen atoms in total. The minimum atomic E-state index is -3.95. The number of nitrogens with zero attached hydrogens (tertiary/aromatic N) is 1. The number of benzene rings is 2. The van der Waals surface area contributed by atoms with Crippen molar-refractivity contribution in [3.63, 3.8) is 0 Å². The van der Waals surface area contributed by atoms with Crippen LogP contribution in [-0.4, -0.2) is 29.8 Å². The van der Waals surface area contributed by atoms with Crippen LogP contribution in [0.3, 0.4) is 0 Å². The van der Waals surface area contributed by atoms with Crippen LogP contribution in [0.5, 0.6) is 0 Å². The van der Waals surface area contributed by atoms with Gasteiger partial charge in [0.25, 0.3) is 0 Å². The molecule has 0 amide bonds. The summed E-state index contributed by atoms with van der Waals surface area (Å²) >= 11 is 0. The molecule has 0 unspecified atom stereocenters. The van der Waals surface area contributed by atoms with Crippen molar-refractivity contribution in [3.05, 3.63) is 76.9 Å². The molecule has 0 saturated heterocycles. The summed E-state index contributed by atoms with van der Waals surface area (Å²) in [5.41, 5.74) is 2.33. The van der Waals surface area contributed by atoms with Gasteiger partial charge in [0.15, 0.2) is 0 Å². The van der Waals surface area contributed by atoms with E-state index in [4.69, 9.17) is 0 Å². The van der Waals surface area contributed by atoms with E-state index in [-0.39, 0.29) is 10.5 Å². The highest BCUT2D eigenvalue weighted by Gasteiger charge is 2.49. The van der Waals surface area contributed by atoms with E-state index in [0.29, 0.717) is 5.56 Å². The van der Waals surface area contributed by atoms with Gasteiger partial charge in [-0.05, 0) is 42.0 Å². The summed E-state index contributed by atoms with van der Waals surface area (Å²) in [5.74, 6) is -1.10. The summed E-state index contributed by atoms with van der Waals surface area (Å²) in [6.07, 6.45) is 2.45. The van der Waals surface area contributed by atoms with Crippen LogP contribution < -0.4 is 0 Å². The third-order valence-corrected chi connectivity index (χ3v) is 7.46. The van der Waals surface area contributed by atoms with Crippen molar-refractivity contribution in [2.24, 2.45) is 5.41 Å². The Hall–Kier alpha value is -2.44. The summed E-state index contributed by atoms with van der Waals surface area (Å²) in [4.78, 5) is 12.3. The highest BCUT2D eigenvalue weighted by molar-refractivity contribution is 7.89. The number of carboxylic acid groups (broad SMARTS) is 1. The molecule has 1 heterocycles. The molecule has 3 rings (SSSR count). The first-order valence-corrected chi connectivity index (χ1v) is 11.5. The predicted molar refractivity (Wildman–Crippen MR) is 118 cm³/mol. The smallest absolute Gasteiger partial charge is 0.333 e. The molecule has 0 aliphatic carbocycles. The van der Waals surface area contributed by atoms with Gasteiger partial charge in [-0.3, -0.25) is 0 Å². The zero-order valence-corrected chi connectivity index (χ0v) is 18.9. The minimum Gasteiger partial charge on any atom is -0.478 e. The zero-order chi connectivity index (χ0) is 22.3. The Morgan fingerprint density at radius 3 is 2.07 bits per heavy atom. The number of aliphatic carboxylic acids is 1. The van der Waals surface area contributed by atoms with Gasteiger partial charge in [-0.25, -0.2) is 13.2 Å². The van der Waals surface area contributed by atoms with Crippen LogP contribution >= 0.6 is 0 Å². The number of hydrogen-bond donors (Lipinski definition) is 1. The second-order valence-electron chi connectivity index (χ2n) is 8.88. The number of sulfonamides is 1. The van der Waals surface area contributed by atoms with Gasteiger partial charge in [-0.1, -0.05) is 75.7 Å². The van der Waals surface area contributed by atoms with E-state index in [1.165, 1.54) is 4.31 Å². The topological polar surface area (TPSA) is 74.7 Å². The van der Waals surface area contributed by atoms with Gasteiger partial charge in [0.2, 0.25) is 10.0 Å². The van der Waals surface area contributed by atoms with E-state index in [0.717, 1.165) is 17.5 Å². The van der Waals surface area contributed by atoms with Crippen LogP contribution in [0.4, 0.5) is 0 Å². The van der Waals surface area contributed by atoms with Crippen molar-refractivity contribution in [2.75, 3.05) is 0 Å². The Morgan fingerprint density at radius 2 is 1.60 bits per heavy atom. The third kappa shape index (κ3) is 4.07. The van der Waals surface area contributed by atoms with Crippen molar-refractivity contribution < 1.29 is 18.3 Å². The van der Waals surface area contributed by atoms with Crippen LogP contribution in [0, 0.1) is 12.3 Å². The van der Waals surface area contributed by atoms with Gasteiger partial charge < -0.3 is 5.11 Å². The maximum absolute atomic E-state index is 13.8. The molecule has 160 valence electrons. The van der Waals surface area contributed by atoms with E-state index >= 15 is 0 Å². The average molecular weight is 428 g/mol. The highest BCUT2D eigenvalue weighted by atomic mass is 32.2. The fourth-order valence-corrected chi connectivity index (χ4v) is 5.75. The van der Waals surface area contributed by atoms with E-state index < -0.39 is 33.5 Å². The first-order chi connectivity index (χ1) is 14.0. The van der Waals surface area contributed by atoms with Crippen molar-refractivity contribution in [2.45, 2.75) is 58.0 Å². The van der Waals surface area contributed by atoms with Crippen LogP contribution in [0.1, 0.15) is 50.4 Å². The van der Waals surface area contributed by atoms with E-state index in [1.54, 1.807) is 30.3 Å². The van der Waals surface area contributed by atoms with Gasteiger partial charge in [0.1, 0.15) is 0 Å². The minimum absolute atomic E-state index is 0.0925. The Bertz CT molecular complexity index is 1060. The number of carbonyl (C=O) groups is 1. The van der Waals surface area contributed by atoms with Gasteiger partial charge in [0, 0.05) is 6.04 Å². The molecule has 2 atom stereocenters. The lowest BCUT2D eigenvalue weighted by atomic mass is 9.87. The van der Waals surface area contributed by atoms with E-state index in [1.807, 2.05) is 58.9 Å². The monoisotopic (exact) mass is 427 g/mol. The van der Waals surface area contributed by atoms with Crippen LogP contribution in [0.25, 0.3) is 0 Å². The molecule has 0 radical (unpaired) electrons. The SMILES string of the molecule is CCc1ccc([C@H]2C(C(=O)O)=C[C@@H](C(C)(C)C)N2S(=O)(=O)c2ccc(C)cc2)cc1. The Balaban J connectivity index is 2.22. The summed E-state index contributed by atoms with van der Waals surface area (Å²) in [5, 5.41) is 9.93. The van der Waals surface area contributed by atoms with Gasteiger partial charge in [-0.15, -0.1) is 0 Å². The number of aryl methyl sites for hydroxylation is 2. The lowest BCUT2D eigenvalue weighted by molar-refractivity contribution is -0.133. The van der Waals surface area contributed by atoms with E-state index in [9.17, 15) is 18.3 Å². The average Bonchev–Trinajstić information content (AvgIpc) is 3.11. The fourth-order valence-electron chi connectivity index (χ4n) is 3.83. The molecular weight excluding hydrogens is 398 g/mol. The summed E-state index contributed by atoms with van der Waals surface area (Å²) in [6, 6.07) is 12.7. The van der Waals surface area contributed by atoms with Crippen LogP contribution in [-0.2, 0) is 21.2 Å². The molecule has 30 heavy (non-hydrogen) atoms. The van der Waals surface area contributed by atoms with Crippen molar-refractivity contribution in [1.29, 1.82) is 0 Å². The zero-order valence-electron chi connectivity index (χ0n) is 18.1. The number of rotatable bonds is 5. The molecule has 0 saturated carbocycles. The molecule has 0 fully saturated rings. The fraction of sp³-hybridized carbons (Fsp3) is 0.375. The normalized spacial score (nSPS) is 20.2. The van der Waals surface area contributed by atoms with E-state index in [2.05, 4.69) is 0 Å². The maximum atomic E-state index is 13.8. The Morgan fingerprint density at radius 1 is 1.03 bits per heavy atom. The number of carboxylic acids is 1. The van der Waals surface area contributed by atoms with Gasteiger partial charge >= 0.3 is 5.97 Å². The summed E-state index contributed by atoms with van der Waals surface area (Å²) < 4.78 is 28.9. The molecule has 2 aromatic carbocycles. The predicted octanol–water partition coefficient (Wildman–Crippen LogP) is 4.73. The summed E-state index contributed by atoms with van der Waals surface area (Å²) in [6.45, 7) is 9.71. The third-order valence-electron chi connectivity index (χ3n) is 5.59. The van der Waals surface area contributed by atoms with Crippen LogP contribution in [0.15, 0.2) is 65.1 Å². The lowest BCUT2D eigenvalue weighted by Gasteiger charge is -2.37. The lowest BCUT2D eigenvalue weighted by Crippen LogP contribution is -2.45. The summed E-state index contributed by atoms with van der Waals surface area (Å²) in [7, 11) is -3.95. The second-order valence-corrected chi connectivity index (χ2v) is 10.7. The standard InChI is InChI=1S/C24H29NO4S/c1-6-17-9-11-18(12-10-17)22-20(23(26)27)15-21(24(3,4)5)25(22)30(28,29)19-13-7-16(2)8-14-19/h7-15,21-22H,6H2,1-5H3,(H,26,27)/t21-,22-/m0/s1.